The molecular formula is C18H19NO3S. The van der Waals surface area contributed by atoms with Crippen LogP contribution in [0.2, 0.25) is 0 Å². The number of hydrogen-bond donors (Lipinski definition) is 0. The molecule has 1 aliphatic carbocycles. The van der Waals surface area contributed by atoms with E-state index in [9.17, 15) is 13.2 Å². The summed E-state index contributed by atoms with van der Waals surface area (Å²) in [6, 6.07) is 9.76. The highest BCUT2D eigenvalue weighted by Gasteiger charge is 2.24. The third kappa shape index (κ3) is 3.15. The van der Waals surface area contributed by atoms with Crippen LogP contribution in [0.4, 0.5) is 0 Å². The normalized spacial score (nSPS) is 18.3. The second-order valence-electron chi connectivity index (χ2n) is 5.92. The van der Waals surface area contributed by atoms with Crippen LogP contribution in [0.25, 0.3) is 0 Å². The average molecular weight is 329 g/mol. The quantitative estimate of drug-likeness (QED) is 0.621. The van der Waals surface area contributed by atoms with E-state index < -0.39 is 10.0 Å². The number of ketones is 1. The average Bonchev–Trinajstić information content (AvgIpc) is 3.18. The van der Waals surface area contributed by atoms with Crippen LogP contribution in [-0.4, -0.2) is 18.2 Å². The molecule has 4 nitrogen and oxygen atoms in total. The Morgan fingerprint density at radius 3 is 2.61 bits per heavy atom. The van der Waals surface area contributed by atoms with Gasteiger partial charge in [-0.25, -0.2) is 12.4 Å². The summed E-state index contributed by atoms with van der Waals surface area (Å²) in [5.41, 5.74) is 1.57. The Kier molecular flexibility index (Phi) is 4.22. The molecule has 1 aromatic carbocycles. The zero-order chi connectivity index (χ0) is 16.4. The van der Waals surface area contributed by atoms with Crippen molar-refractivity contribution in [3.63, 3.8) is 0 Å². The monoisotopic (exact) mass is 329 g/mol. The highest BCUT2D eigenvalue weighted by molar-refractivity contribution is 7.90. The van der Waals surface area contributed by atoms with E-state index in [1.807, 2.05) is 0 Å². The first kappa shape index (κ1) is 15.7. The van der Waals surface area contributed by atoms with Crippen molar-refractivity contribution >= 4 is 15.8 Å². The summed E-state index contributed by atoms with van der Waals surface area (Å²) in [7, 11) is -3.64. The lowest BCUT2D eigenvalue weighted by Gasteiger charge is -2.09. The number of carbonyl (C=O) groups is 1. The first-order valence-electron chi connectivity index (χ1n) is 7.68. The lowest BCUT2D eigenvalue weighted by molar-refractivity contribution is 0.0968. The van der Waals surface area contributed by atoms with Crippen LogP contribution in [-0.2, 0) is 10.0 Å². The maximum absolute atomic E-state index is 12.5. The van der Waals surface area contributed by atoms with E-state index in [0.717, 1.165) is 28.8 Å². The molecular weight excluding hydrogens is 310 g/mol. The molecule has 1 aromatic heterocycles. The van der Waals surface area contributed by atoms with E-state index in [0.29, 0.717) is 12.0 Å². The Morgan fingerprint density at radius 1 is 1.22 bits per heavy atom. The first-order valence-corrected chi connectivity index (χ1v) is 9.12. The van der Waals surface area contributed by atoms with Gasteiger partial charge in [0.05, 0.1) is 4.90 Å². The van der Waals surface area contributed by atoms with Gasteiger partial charge in [0.15, 0.2) is 5.78 Å². The molecule has 3 rings (SSSR count). The van der Waals surface area contributed by atoms with Crippen molar-refractivity contribution < 1.29 is 13.2 Å². The van der Waals surface area contributed by atoms with Crippen molar-refractivity contribution in [2.24, 2.45) is 5.92 Å². The number of aromatic nitrogens is 1. The second kappa shape index (κ2) is 6.16. The minimum atomic E-state index is -3.64. The van der Waals surface area contributed by atoms with Gasteiger partial charge in [-0.1, -0.05) is 30.4 Å². The molecule has 0 amide bonds. The molecule has 0 spiro atoms. The van der Waals surface area contributed by atoms with E-state index in [2.05, 4.69) is 6.58 Å². The second-order valence-corrected chi connectivity index (χ2v) is 7.77. The number of carbonyl (C=O) groups excluding carboxylic acids is 1. The molecule has 5 heteroatoms. The van der Waals surface area contributed by atoms with Gasteiger partial charge in [0.25, 0.3) is 10.0 Å². The summed E-state index contributed by atoms with van der Waals surface area (Å²) in [5, 5.41) is 0. The highest BCUT2D eigenvalue weighted by Crippen LogP contribution is 2.33. The Balaban J connectivity index is 1.80. The Hall–Kier alpha value is -2.14. The van der Waals surface area contributed by atoms with Gasteiger partial charge in [-0.2, -0.15) is 0 Å². The fraction of sp³-hybridized carbons (Fsp3) is 0.278. The lowest BCUT2D eigenvalue weighted by Crippen LogP contribution is -2.11. The van der Waals surface area contributed by atoms with Gasteiger partial charge in [-0.15, -0.1) is 0 Å². The van der Waals surface area contributed by atoms with Crippen LogP contribution in [0.1, 0.15) is 36.0 Å². The smallest absolute Gasteiger partial charge is 0.267 e. The number of hydrogen-bond acceptors (Lipinski definition) is 3. The molecule has 1 unspecified atom stereocenters. The molecule has 0 bridgehead atoms. The summed E-state index contributed by atoms with van der Waals surface area (Å²) in [6.45, 7) is 4.01. The van der Waals surface area contributed by atoms with Gasteiger partial charge in [0, 0.05) is 24.4 Å². The van der Waals surface area contributed by atoms with Crippen LogP contribution in [0, 0.1) is 5.92 Å². The maximum atomic E-state index is 12.5. The summed E-state index contributed by atoms with van der Waals surface area (Å²) in [5.74, 6) is 0.205. The molecule has 1 heterocycles. The van der Waals surface area contributed by atoms with E-state index in [-0.39, 0.29) is 16.6 Å². The third-order valence-electron chi connectivity index (χ3n) is 4.37. The number of benzene rings is 1. The third-order valence-corrected chi connectivity index (χ3v) is 6.02. The largest absolute Gasteiger partial charge is 0.294 e. The number of nitrogens with zero attached hydrogens (tertiary/aromatic N) is 1. The van der Waals surface area contributed by atoms with Crippen molar-refractivity contribution in [2.45, 2.75) is 30.6 Å². The molecule has 1 saturated carbocycles. The van der Waals surface area contributed by atoms with Crippen LogP contribution in [0.15, 0.2) is 65.8 Å². The molecule has 0 saturated heterocycles. The van der Waals surface area contributed by atoms with Gasteiger partial charge in [0.1, 0.15) is 0 Å². The van der Waals surface area contributed by atoms with Crippen LogP contribution < -0.4 is 0 Å². The number of allylic oxidation sites excluding steroid dienone is 1. The summed E-state index contributed by atoms with van der Waals surface area (Å²) < 4.78 is 26.1. The molecule has 1 fully saturated rings. The van der Waals surface area contributed by atoms with E-state index in [4.69, 9.17) is 0 Å². The lowest BCUT2D eigenvalue weighted by atomic mass is 9.95. The fourth-order valence-electron chi connectivity index (χ4n) is 2.98. The minimum Gasteiger partial charge on any atom is -0.294 e. The Morgan fingerprint density at radius 2 is 1.96 bits per heavy atom. The van der Waals surface area contributed by atoms with E-state index in [1.165, 1.54) is 12.4 Å². The molecule has 0 radical (unpaired) electrons. The van der Waals surface area contributed by atoms with E-state index in [1.54, 1.807) is 36.4 Å². The molecule has 1 aliphatic rings. The Labute approximate surface area is 136 Å². The van der Waals surface area contributed by atoms with Gasteiger partial charge in [-0.05, 0) is 43.4 Å². The summed E-state index contributed by atoms with van der Waals surface area (Å²) in [4.78, 5) is 12.6. The molecule has 1 atom stereocenters. The Bertz CT molecular complexity index is 834. The minimum absolute atomic E-state index is 0.0277. The van der Waals surface area contributed by atoms with Gasteiger partial charge in [-0.3, -0.25) is 4.79 Å². The van der Waals surface area contributed by atoms with Crippen molar-refractivity contribution in [3.05, 3.63) is 66.5 Å². The standard InChI is InChI=1S/C18H19NO3S/c1-14-6-5-7-15(14)12-18(20)16-10-11-19(13-16)23(21,22)17-8-3-2-4-9-17/h2-4,8-11,13,15H,1,5-7,12H2. The van der Waals surface area contributed by atoms with Crippen molar-refractivity contribution in [2.75, 3.05) is 0 Å². The van der Waals surface area contributed by atoms with Gasteiger partial charge >= 0.3 is 0 Å². The van der Waals surface area contributed by atoms with Crippen LogP contribution >= 0.6 is 0 Å². The molecule has 23 heavy (non-hydrogen) atoms. The van der Waals surface area contributed by atoms with Gasteiger partial charge < -0.3 is 0 Å². The summed E-state index contributed by atoms with van der Waals surface area (Å²) >= 11 is 0. The van der Waals surface area contributed by atoms with Crippen molar-refractivity contribution in [1.29, 1.82) is 0 Å². The first-order chi connectivity index (χ1) is 11.0. The highest BCUT2D eigenvalue weighted by atomic mass is 32.2. The van der Waals surface area contributed by atoms with Crippen molar-refractivity contribution in [1.82, 2.24) is 3.97 Å². The fourth-order valence-corrected chi connectivity index (χ4v) is 4.20. The molecule has 2 aromatic rings. The van der Waals surface area contributed by atoms with Gasteiger partial charge in [0.2, 0.25) is 0 Å². The summed E-state index contributed by atoms with van der Waals surface area (Å²) in [6.07, 6.45) is 6.31. The number of rotatable bonds is 5. The maximum Gasteiger partial charge on any atom is 0.267 e. The molecule has 0 N–H and O–H groups in total. The predicted molar refractivity (Wildman–Crippen MR) is 88.9 cm³/mol. The number of Topliss-reactive ketones (excluding diaryl/α,β-unsaturated/α-hetero) is 1. The SMILES string of the molecule is C=C1CCCC1CC(=O)c1ccn(S(=O)(=O)c2ccccc2)c1. The van der Waals surface area contributed by atoms with Crippen molar-refractivity contribution in [3.8, 4) is 0 Å². The zero-order valence-corrected chi connectivity index (χ0v) is 13.6. The molecule has 120 valence electrons. The van der Waals surface area contributed by atoms with Crippen LogP contribution in [0.3, 0.4) is 0 Å². The zero-order valence-electron chi connectivity index (χ0n) is 12.8. The van der Waals surface area contributed by atoms with Crippen LogP contribution in [0.5, 0.6) is 0 Å². The predicted octanol–water partition coefficient (Wildman–Crippen LogP) is 3.65. The molecule has 0 aliphatic heterocycles. The van der Waals surface area contributed by atoms with E-state index >= 15 is 0 Å². The topological polar surface area (TPSA) is 56.1 Å².